The van der Waals surface area contributed by atoms with Crippen molar-refractivity contribution in [3.05, 3.63) is 59.2 Å². The van der Waals surface area contributed by atoms with Gasteiger partial charge < -0.3 is 10.2 Å². The number of alkyl halides is 3. The average molecular weight is 390 g/mol. The maximum atomic E-state index is 12.6. The average Bonchev–Trinajstić information content (AvgIpc) is 3.02. The van der Waals surface area contributed by atoms with Crippen molar-refractivity contribution in [1.29, 1.82) is 0 Å². The molecule has 0 fully saturated rings. The Bertz CT molecular complexity index is 913. The molecule has 7 heteroatoms. The quantitative estimate of drug-likeness (QED) is 0.794. The van der Waals surface area contributed by atoms with E-state index in [-0.39, 0.29) is 11.5 Å². The van der Waals surface area contributed by atoms with Crippen molar-refractivity contribution in [2.24, 2.45) is 5.41 Å². The highest BCUT2D eigenvalue weighted by molar-refractivity contribution is 6.05. The number of nitrogens with zero attached hydrogens (tertiary/aromatic N) is 1. The van der Waals surface area contributed by atoms with Gasteiger partial charge in [-0.05, 0) is 48.4 Å². The molecule has 1 N–H and O–H groups in total. The maximum absolute atomic E-state index is 12.6. The van der Waals surface area contributed by atoms with Gasteiger partial charge in [-0.25, -0.2) is 0 Å². The summed E-state index contributed by atoms with van der Waals surface area (Å²) in [5, 5.41) is 2.69. The summed E-state index contributed by atoms with van der Waals surface area (Å²) in [7, 11) is 0. The van der Waals surface area contributed by atoms with Crippen LogP contribution in [0.1, 0.15) is 42.3 Å². The second-order valence-electron chi connectivity index (χ2n) is 7.83. The number of anilines is 2. The number of rotatable bonds is 2. The van der Waals surface area contributed by atoms with Gasteiger partial charge in [0.2, 0.25) is 5.91 Å². The molecule has 0 saturated heterocycles. The molecule has 4 nitrogen and oxygen atoms in total. The summed E-state index contributed by atoms with van der Waals surface area (Å²) in [6, 6.07) is 9.35. The lowest BCUT2D eigenvalue weighted by atomic mass is 9.94. The Morgan fingerprint density at radius 2 is 1.64 bits per heavy atom. The van der Waals surface area contributed by atoms with Gasteiger partial charge in [0.25, 0.3) is 5.91 Å². The molecule has 0 bridgehead atoms. The van der Waals surface area contributed by atoms with Crippen LogP contribution >= 0.6 is 0 Å². The minimum atomic E-state index is -4.45. The zero-order valence-corrected chi connectivity index (χ0v) is 15.9. The number of amides is 2. The molecular weight excluding hydrogens is 369 g/mol. The third kappa shape index (κ3) is 4.03. The summed E-state index contributed by atoms with van der Waals surface area (Å²) in [4.78, 5) is 26.7. The summed E-state index contributed by atoms with van der Waals surface area (Å²) < 4.78 is 37.9. The molecule has 1 heterocycles. The highest BCUT2D eigenvalue weighted by atomic mass is 19.4. The Hall–Kier alpha value is -2.83. The van der Waals surface area contributed by atoms with Gasteiger partial charge in [0.15, 0.2) is 0 Å². The lowest BCUT2D eigenvalue weighted by molar-refractivity contribution is -0.137. The van der Waals surface area contributed by atoms with Crippen molar-refractivity contribution in [3.63, 3.8) is 0 Å². The maximum Gasteiger partial charge on any atom is 0.416 e. The first kappa shape index (κ1) is 19.9. The van der Waals surface area contributed by atoms with Crippen LogP contribution in [0.4, 0.5) is 24.5 Å². The number of halogens is 3. The van der Waals surface area contributed by atoms with Crippen molar-refractivity contribution >= 4 is 23.2 Å². The van der Waals surface area contributed by atoms with E-state index >= 15 is 0 Å². The number of nitrogens with one attached hydrogen (secondary N) is 1. The fourth-order valence-electron chi connectivity index (χ4n) is 3.09. The van der Waals surface area contributed by atoms with Crippen molar-refractivity contribution in [1.82, 2.24) is 0 Å². The summed E-state index contributed by atoms with van der Waals surface area (Å²) in [5.41, 5.74) is 1.04. The molecule has 0 atom stereocenters. The number of carbonyl (C=O) groups excluding carboxylic acids is 2. The Kier molecular flexibility index (Phi) is 4.95. The second kappa shape index (κ2) is 6.96. The molecule has 2 amide bonds. The molecule has 0 spiro atoms. The molecule has 0 radical (unpaired) electrons. The Morgan fingerprint density at radius 1 is 1.00 bits per heavy atom. The number of hydrogen-bond donors (Lipinski definition) is 1. The minimum Gasteiger partial charge on any atom is -0.322 e. The molecule has 3 rings (SSSR count). The first-order valence-corrected chi connectivity index (χ1v) is 8.90. The zero-order valence-electron chi connectivity index (χ0n) is 15.9. The molecule has 148 valence electrons. The molecule has 0 aliphatic carbocycles. The predicted molar refractivity (Wildman–Crippen MR) is 101 cm³/mol. The molecule has 0 unspecified atom stereocenters. The lowest BCUT2D eigenvalue weighted by Gasteiger charge is -2.26. The highest BCUT2D eigenvalue weighted by Gasteiger charge is 2.33. The van der Waals surface area contributed by atoms with Gasteiger partial charge >= 0.3 is 6.18 Å². The van der Waals surface area contributed by atoms with E-state index in [1.165, 1.54) is 0 Å². The van der Waals surface area contributed by atoms with E-state index in [1.807, 2.05) is 26.8 Å². The number of carbonyl (C=O) groups is 2. The molecule has 2 aromatic rings. The van der Waals surface area contributed by atoms with Crippen LogP contribution in [0.5, 0.6) is 0 Å². The predicted octanol–water partition coefficient (Wildman–Crippen LogP) is 4.89. The van der Waals surface area contributed by atoms with Gasteiger partial charge in [-0.15, -0.1) is 0 Å². The molecule has 1 aliphatic heterocycles. The Balaban J connectivity index is 1.79. The van der Waals surface area contributed by atoms with Gasteiger partial charge in [0.1, 0.15) is 0 Å². The molecule has 28 heavy (non-hydrogen) atoms. The van der Waals surface area contributed by atoms with E-state index < -0.39 is 23.1 Å². The van der Waals surface area contributed by atoms with Crippen LogP contribution < -0.4 is 10.2 Å². The van der Waals surface area contributed by atoms with Crippen LogP contribution in [0.2, 0.25) is 0 Å². The van der Waals surface area contributed by atoms with Gasteiger partial charge in [0.05, 0.1) is 5.56 Å². The summed E-state index contributed by atoms with van der Waals surface area (Å²) in [5.74, 6) is -0.516. The largest absolute Gasteiger partial charge is 0.416 e. The van der Waals surface area contributed by atoms with Gasteiger partial charge in [-0.2, -0.15) is 13.2 Å². The lowest BCUT2D eigenvalue weighted by Crippen LogP contribution is -2.38. The third-order valence-electron chi connectivity index (χ3n) is 4.60. The Morgan fingerprint density at radius 3 is 2.21 bits per heavy atom. The summed E-state index contributed by atoms with van der Waals surface area (Å²) in [6.07, 6.45) is -3.71. The molecule has 0 saturated carbocycles. The SMILES string of the molecule is CC(C)(C)C(=O)N1CCc2ccc(NC(=O)c3ccc(C(F)(F)F)cc3)cc21. The monoisotopic (exact) mass is 390 g/mol. The number of benzene rings is 2. The van der Waals surface area contributed by atoms with Crippen molar-refractivity contribution in [2.75, 3.05) is 16.8 Å². The fraction of sp³-hybridized carbons (Fsp3) is 0.333. The molecule has 1 aliphatic rings. The highest BCUT2D eigenvalue weighted by Crippen LogP contribution is 2.34. The first-order valence-electron chi connectivity index (χ1n) is 8.90. The fourth-order valence-corrected chi connectivity index (χ4v) is 3.09. The summed E-state index contributed by atoms with van der Waals surface area (Å²) in [6.45, 7) is 6.14. The molecule has 2 aromatic carbocycles. The second-order valence-corrected chi connectivity index (χ2v) is 7.83. The Labute approximate surface area is 161 Å². The number of fused-ring (bicyclic) bond motifs is 1. The van der Waals surface area contributed by atoms with Crippen molar-refractivity contribution in [3.8, 4) is 0 Å². The van der Waals surface area contributed by atoms with E-state index in [4.69, 9.17) is 0 Å². The van der Waals surface area contributed by atoms with Crippen LogP contribution in [0.15, 0.2) is 42.5 Å². The van der Waals surface area contributed by atoms with E-state index in [9.17, 15) is 22.8 Å². The van der Waals surface area contributed by atoms with Crippen LogP contribution in [0.25, 0.3) is 0 Å². The van der Waals surface area contributed by atoms with Crippen LogP contribution in [-0.2, 0) is 17.4 Å². The smallest absolute Gasteiger partial charge is 0.322 e. The van der Waals surface area contributed by atoms with Crippen molar-refractivity contribution < 1.29 is 22.8 Å². The van der Waals surface area contributed by atoms with Crippen LogP contribution in [0, 0.1) is 5.41 Å². The molecule has 0 aromatic heterocycles. The zero-order chi connectivity index (χ0) is 20.7. The summed E-state index contributed by atoms with van der Waals surface area (Å²) >= 11 is 0. The minimum absolute atomic E-state index is 0.00235. The van der Waals surface area contributed by atoms with E-state index in [1.54, 1.807) is 17.0 Å². The van der Waals surface area contributed by atoms with E-state index in [2.05, 4.69) is 5.32 Å². The van der Waals surface area contributed by atoms with Gasteiger partial charge in [-0.3, -0.25) is 9.59 Å². The van der Waals surface area contributed by atoms with E-state index in [0.717, 1.165) is 41.9 Å². The van der Waals surface area contributed by atoms with Gasteiger partial charge in [0, 0.05) is 28.9 Å². The van der Waals surface area contributed by atoms with E-state index in [0.29, 0.717) is 12.2 Å². The topological polar surface area (TPSA) is 49.4 Å². The standard InChI is InChI=1S/C21H21F3N2O2/c1-20(2,3)19(28)26-11-10-13-6-9-16(12-17(13)26)25-18(27)14-4-7-15(8-5-14)21(22,23)24/h4-9,12H,10-11H2,1-3H3,(H,25,27). The van der Waals surface area contributed by atoms with Crippen LogP contribution in [-0.4, -0.2) is 18.4 Å². The first-order chi connectivity index (χ1) is 13.0. The van der Waals surface area contributed by atoms with Crippen LogP contribution in [0.3, 0.4) is 0 Å². The van der Waals surface area contributed by atoms with Gasteiger partial charge in [-0.1, -0.05) is 26.8 Å². The number of hydrogen-bond acceptors (Lipinski definition) is 2. The normalized spacial score (nSPS) is 14.0. The molecular formula is C21H21F3N2O2. The van der Waals surface area contributed by atoms with Crippen molar-refractivity contribution in [2.45, 2.75) is 33.4 Å². The third-order valence-corrected chi connectivity index (χ3v) is 4.60.